The van der Waals surface area contributed by atoms with Crippen molar-refractivity contribution in [3.05, 3.63) is 48.3 Å². The first-order valence-electron chi connectivity index (χ1n) is 5.96. The van der Waals surface area contributed by atoms with Gasteiger partial charge >= 0.3 is 0 Å². The normalized spacial score (nSPS) is 12.6. The Balaban J connectivity index is 2.02. The summed E-state index contributed by atoms with van der Waals surface area (Å²) in [4.78, 5) is 8.47. The van der Waals surface area contributed by atoms with Crippen molar-refractivity contribution in [2.24, 2.45) is 5.73 Å². The minimum atomic E-state index is 0.0706. The minimum absolute atomic E-state index is 0.0706. The molecular formula is C13H18N4. The van der Waals surface area contributed by atoms with Crippen LogP contribution in [0.3, 0.4) is 0 Å². The molecule has 2 aromatic rings. The lowest BCUT2D eigenvalue weighted by Gasteiger charge is -2.12. The molecule has 2 N–H and O–H groups in total. The van der Waals surface area contributed by atoms with E-state index in [1.165, 1.54) is 0 Å². The van der Waals surface area contributed by atoms with Gasteiger partial charge < -0.3 is 10.3 Å². The second-order valence-corrected chi connectivity index (χ2v) is 4.10. The zero-order valence-corrected chi connectivity index (χ0v) is 10.1. The van der Waals surface area contributed by atoms with E-state index in [1.807, 2.05) is 36.9 Å². The summed E-state index contributed by atoms with van der Waals surface area (Å²) >= 11 is 0. The van der Waals surface area contributed by atoms with Gasteiger partial charge in [0.2, 0.25) is 0 Å². The third kappa shape index (κ3) is 2.91. The highest BCUT2D eigenvalue weighted by molar-refractivity contribution is 5.07. The molecular weight excluding hydrogens is 212 g/mol. The van der Waals surface area contributed by atoms with Crippen molar-refractivity contribution in [2.75, 3.05) is 0 Å². The van der Waals surface area contributed by atoms with Crippen molar-refractivity contribution in [1.82, 2.24) is 14.5 Å². The van der Waals surface area contributed by atoms with E-state index in [9.17, 15) is 0 Å². The smallest absolute Gasteiger partial charge is 0.0948 e. The third-order valence-electron chi connectivity index (χ3n) is 2.90. The zero-order chi connectivity index (χ0) is 12.1. The van der Waals surface area contributed by atoms with Crippen LogP contribution in [0.25, 0.3) is 0 Å². The first kappa shape index (κ1) is 11.8. The van der Waals surface area contributed by atoms with Gasteiger partial charge in [0, 0.05) is 37.1 Å². The SMILES string of the molecule is CC[C@@H](N)c1cncn1CCc1ccccn1. The molecule has 0 aromatic carbocycles. The van der Waals surface area contributed by atoms with Crippen molar-refractivity contribution < 1.29 is 0 Å². The summed E-state index contributed by atoms with van der Waals surface area (Å²) in [5.74, 6) is 0. The van der Waals surface area contributed by atoms with Crippen LogP contribution >= 0.6 is 0 Å². The molecule has 4 nitrogen and oxygen atoms in total. The summed E-state index contributed by atoms with van der Waals surface area (Å²) in [6.45, 7) is 2.96. The lowest BCUT2D eigenvalue weighted by Crippen LogP contribution is -2.15. The van der Waals surface area contributed by atoms with Crippen molar-refractivity contribution >= 4 is 0 Å². The average Bonchev–Trinajstić information content (AvgIpc) is 2.85. The fourth-order valence-corrected chi connectivity index (χ4v) is 1.82. The van der Waals surface area contributed by atoms with E-state index < -0.39 is 0 Å². The van der Waals surface area contributed by atoms with Crippen LogP contribution in [0.1, 0.15) is 30.8 Å². The molecule has 0 amide bonds. The molecule has 0 unspecified atom stereocenters. The Morgan fingerprint density at radius 1 is 1.41 bits per heavy atom. The number of hydrogen-bond acceptors (Lipinski definition) is 3. The van der Waals surface area contributed by atoms with E-state index in [4.69, 9.17) is 5.73 Å². The number of hydrogen-bond donors (Lipinski definition) is 1. The van der Waals surface area contributed by atoms with Crippen LogP contribution in [-0.2, 0) is 13.0 Å². The van der Waals surface area contributed by atoms with E-state index >= 15 is 0 Å². The molecule has 2 aromatic heterocycles. The summed E-state index contributed by atoms with van der Waals surface area (Å²) in [5, 5.41) is 0. The molecule has 0 radical (unpaired) electrons. The van der Waals surface area contributed by atoms with Crippen LogP contribution in [0.5, 0.6) is 0 Å². The molecule has 0 aliphatic heterocycles. The maximum Gasteiger partial charge on any atom is 0.0948 e. The van der Waals surface area contributed by atoms with Crippen molar-refractivity contribution in [3.8, 4) is 0 Å². The van der Waals surface area contributed by atoms with E-state index in [0.29, 0.717) is 0 Å². The summed E-state index contributed by atoms with van der Waals surface area (Å²) in [5.41, 5.74) is 8.23. The first-order valence-corrected chi connectivity index (χ1v) is 5.96. The molecule has 4 heteroatoms. The first-order chi connectivity index (χ1) is 8.31. The second kappa shape index (κ2) is 5.59. The number of nitrogens with zero attached hydrogens (tertiary/aromatic N) is 3. The third-order valence-corrected chi connectivity index (χ3v) is 2.90. The van der Waals surface area contributed by atoms with Crippen molar-refractivity contribution in [2.45, 2.75) is 32.4 Å². The zero-order valence-electron chi connectivity index (χ0n) is 10.1. The maximum absolute atomic E-state index is 6.03. The Labute approximate surface area is 102 Å². The van der Waals surface area contributed by atoms with Gasteiger partial charge in [-0.15, -0.1) is 0 Å². The molecule has 0 fully saturated rings. The van der Waals surface area contributed by atoms with E-state index in [1.54, 1.807) is 0 Å². The van der Waals surface area contributed by atoms with Gasteiger partial charge in [0.1, 0.15) is 0 Å². The highest BCUT2D eigenvalue weighted by Crippen LogP contribution is 2.13. The molecule has 2 rings (SSSR count). The predicted octanol–water partition coefficient (Wildman–Crippen LogP) is 1.93. The molecule has 0 saturated heterocycles. The molecule has 90 valence electrons. The monoisotopic (exact) mass is 230 g/mol. The van der Waals surface area contributed by atoms with Gasteiger partial charge in [-0.1, -0.05) is 13.0 Å². The van der Waals surface area contributed by atoms with Gasteiger partial charge in [-0.3, -0.25) is 4.98 Å². The number of aryl methyl sites for hydroxylation is 2. The number of imidazole rings is 1. The largest absolute Gasteiger partial charge is 0.333 e. The number of nitrogens with two attached hydrogens (primary N) is 1. The lowest BCUT2D eigenvalue weighted by molar-refractivity contribution is 0.585. The lowest BCUT2D eigenvalue weighted by atomic mass is 10.2. The molecule has 0 bridgehead atoms. The summed E-state index contributed by atoms with van der Waals surface area (Å²) in [6, 6.07) is 6.05. The standard InChI is InChI=1S/C13H18N4/c1-2-12(14)13-9-15-10-17(13)8-6-11-5-3-4-7-16-11/h3-5,7,9-10,12H,2,6,8,14H2,1H3/t12-/m1/s1. The van der Waals surface area contributed by atoms with Crippen molar-refractivity contribution in [1.29, 1.82) is 0 Å². The van der Waals surface area contributed by atoms with Gasteiger partial charge in [0.25, 0.3) is 0 Å². The fraction of sp³-hybridized carbons (Fsp3) is 0.385. The Morgan fingerprint density at radius 3 is 3.00 bits per heavy atom. The molecule has 0 aliphatic carbocycles. The van der Waals surface area contributed by atoms with Gasteiger partial charge in [0.15, 0.2) is 0 Å². The summed E-state index contributed by atoms with van der Waals surface area (Å²) < 4.78 is 2.11. The van der Waals surface area contributed by atoms with Gasteiger partial charge in [-0.2, -0.15) is 0 Å². The van der Waals surface area contributed by atoms with Gasteiger partial charge in [-0.25, -0.2) is 4.98 Å². The highest BCUT2D eigenvalue weighted by Gasteiger charge is 2.09. The quantitative estimate of drug-likeness (QED) is 0.854. The van der Waals surface area contributed by atoms with Crippen molar-refractivity contribution in [3.63, 3.8) is 0 Å². The molecule has 0 aliphatic rings. The van der Waals surface area contributed by atoms with E-state index in [0.717, 1.165) is 30.8 Å². The number of rotatable bonds is 5. The van der Waals surface area contributed by atoms with Crippen LogP contribution in [0.4, 0.5) is 0 Å². The summed E-state index contributed by atoms with van der Waals surface area (Å²) in [7, 11) is 0. The van der Waals surface area contributed by atoms with E-state index in [2.05, 4.69) is 21.5 Å². The van der Waals surface area contributed by atoms with Gasteiger partial charge in [-0.05, 0) is 18.6 Å². The topological polar surface area (TPSA) is 56.7 Å². The highest BCUT2D eigenvalue weighted by atomic mass is 15.1. The molecule has 2 heterocycles. The van der Waals surface area contributed by atoms with E-state index in [-0.39, 0.29) is 6.04 Å². The fourth-order valence-electron chi connectivity index (χ4n) is 1.82. The number of aromatic nitrogens is 3. The molecule has 1 atom stereocenters. The molecule has 0 spiro atoms. The Hall–Kier alpha value is -1.68. The second-order valence-electron chi connectivity index (χ2n) is 4.10. The molecule has 17 heavy (non-hydrogen) atoms. The summed E-state index contributed by atoms with van der Waals surface area (Å²) in [6.07, 6.45) is 7.35. The van der Waals surface area contributed by atoms with Crippen LogP contribution in [0.2, 0.25) is 0 Å². The minimum Gasteiger partial charge on any atom is -0.333 e. The van der Waals surface area contributed by atoms with Crippen LogP contribution < -0.4 is 5.73 Å². The van der Waals surface area contributed by atoms with Crippen LogP contribution in [0.15, 0.2) is 36.9 Å². The Bertz CT molecular complexity index is 449. The Kier molecular flexibility index (Phi) is 3.88. The Morgan fingerprint density at radius 2 is 2.29 bits per heavy atom. The maximum atomic E-state index is 6.03. The van der Waals surface area contributed by atoms with Crippen LogP contribution in [0, 0.1) is 0 Å². The van der Waals surface area contributed by atoms with Gasteiger partial charge in [0.05, 0.1) is 12.0 Å². The molecule has 0 saturated carbocycles. The predicted molar refractivity (Wildman–Crippen MR) is 67.4 cm³/mol. The number of pyridine rings is 1. The van der Waals surface area contributed by atoms with Crippen LogP contribution in [-0.4, -0.2) is 14.5 Å². The average molecular weight is 230 g/mol.